The van der Waals surface area contributed by atoms with Crippen LogP contribution in [0.5, 0.6) is 0 Å². The van der Waals surface area contributed by atoms with Gasteiger partial charge in [-0.25, -0.2) is 0 Å². The topological polar surface area (TPSA) is 0 Å². The SMILES string of the molecule is CCCCC1=C(C)[C@H](CC)C=C1. The third kappa shape index (κ3) is 2.00. The Kier molecular flexibility index (Phi) is 3.58. The first-order valence-electron chi connectivity index (χ1n) is 5.17. The van der Waals surface area contributed by atoms with Crippen LogP contribution in [0.2, 0.25) is 0 Å². The van der Waals surface area contributed by atoms with Gasteiger partial charge < -0.3 is 0 Å². The van der Waals surface area contributed by atoms with Crippen LogP contribution in [0.1, 0.15) is 46.5 Å². The first-order chi connectivity index (χ1) is 5.79. The maximum absolute atomic E-state index is 2.36. The molecule has 0 amide bonds. The Hall–Kier alpha value is -0.520. The molecule has 0 spiro atoms. The van der Waals surface area contributed by atoms with Crippen LogP contribution in [0.4, 0.5) is 0 Å². The highest BCUT2D eigenvalue weighted by atomic mass is 14.2. The van der Waals surface area contributed by atoms with Gasteiger partial charge in [-0.2, -0.15) is 0 Å². The van der Waals surface area contributed by atoms with Crippen LogP contribution >= 0.6 is 0 Å². The van der Waals surface area contributed by atoms with Gasteiger partial charge in [0.2, 0.25) is 0 Å². The van der Waals surface area contributed by atoms with Gasteiger partial charge in [0, 0.05) is 0 Å². The third-order valence-electron chi connectivity index (χ3n) is 2.83. The summed E-state index contributed by atoms with van der Waals surface area (Å²) >= 11 is 0. The molecule has 12 heavy (non-hydrogen) atoms. The molecule has 1 atom stereocenters. The zero-order chi connectivity index (χ0) is 8.97. The molecule has 0 bridgehead atoms. The molecular formula is C12H20. The smallest absolute Gasteiger partial charge is 0.00196 e. The van der Waals surface area contributed by atoms with Gasteiger partial charge in [0.25, 0.3) is 0 Å². The van der Waals surface area contributed by atoms with Crippen LogP contribution in [0, 0.1) is 5.92 Å². The summed E-state index contributed by atoms with van der Waals surface area (Å²) in [4.78, 5) is 0. The quantitative estimate of drug-likeness (QED) is 0.587. The van der Waals surface area contributed by atoms with Gasteiger partial charge in [-0.1, -0.05) is 38.0 Å². The van der Waals surface area contributed by atoms with Crippen molar-refractivity contribution in [2.45, 2.75) is 46.5 Å². The van der Waals surface area contributed by atoms with Gasteiger partial charge >= 0.3 is 0 Å². The zero-order valence-electron chi connectivity index (χ0n) is 8.56. The van der Waals surface area contributed by atoms with Gasteiger partial charge in [-0.15, -0.1) is 0 Å². The summed E-state index contributed by atoms with van der Waals surface area (Å²) in [7, 11) is 0. The number of rotatable bonds is 4. The highest BCUT2D eigenvalue weighted by molar-refractivity contribution is 5.35. The lowest BCUT2D eigenvalue weighted by Gasteiger charge is -2.07. The molecule has 0 aliphatic heterocycles. The van der Waals surface area contributed by atoms with E-state index >= 15 is 0 Å². The number of hydrogen-bond donors (Lipinski definition) is 0. The highest BCUT2D eigenvalue weighted by Gasteiger charge is 2.13. The summed E-state index contributed by atoms with van der Waals surface area (Å²) in [5, 5.41) is 0. The summed E-state index contributed by atoms with van der Waals surface area (Å²) in [6, 6.07) is 0. The minimum atomic E-state index is 0.747. The van der Waals surface area contributed by atoms with Gasteiger partial charge in [0.15, 0.2) is 0 Å². The summed E-state index contributed by atoms with van der Waals surface area (Å²) in [5.74, 6) is 0.747. The summed E-state index contributed by atoms with van der Waals surface area (Å²) in [6.45, 7) is 6.81. The van der Waals surface area contributed by atoms with Crippen molar-refractivity contribution in [3.05, 3.63) is 23.3 Å². The predicted molar refractivity (Wildman–Crippen MR) is 55.1 cm³/mol. The van der Waals surface area contributed by atoms with Crippen LogP contribution in [0.25, 0.3) is 0 Å². The molecule has 0 fully saturated rings. The van der Waals surface area contributed by atoms with Crippen LogP contribution < -0.4 is 0 Å². The van der Waals surface area contributed by atoms with Crippen LogP contribution in [0.15, 0.2) is 23.3 Å². The van der Waals surface area contributed by atoms with Crippen molar-refractivity contribution in [1.29, 1.82) is 0 Å². The largest absolute Gasteiger partial charge is 0.0771 e. The lowest BCUT2D eigenvalue weighted by atomic mass is 9.98. The van der Waals surface area contributed by atoms with E-state index in [0.717, 1.165) is 5.92 Å². The second kappa shape index (κ2) is 4.49. The van der Waals surface area contributed by atoms with Crippen molar-refractivity contribution in [2.24, 2.45) is 5.92 Å². The second-order valence-electron chi connectivity index (χ2n) is 3.69. The van der Waals surface area contributed by atoms with Crippen molar-refractivity contribution in [2.75, 3.05) is 0 Å². The molecule has 0 nitrogen and oxygen atoms in total. The van der Waals surface area contributed by atoms with Crippen molar-refractivity contribution < 1.29 is 0 Å². The first kappa shape index (κ1) is 9.57. The Bertz CT molecular complexity index is 196. The van der Waals surface area contributed by atoms with E-state index in [9.17, 15) is 0 Å². The Morgan fingerprint density at radius 2 is 2.08 bits per heavy atom. The molecule has 1 aliphatic carbocycles. The Morgan fingerprint density at radius 1 is 1.33 bits per heavy atom. The van der Waals surface area contributed by atoms with Crippen LogP contribution in [0.3, 0.4) is 0 Å². The third-order valence-corrected chi connectivity index (χ3v) is 2.83. The molecular weight excluding hydrogens is 144 g/mol. The first-order valence-corrected chi connectivity index (χ1v) is 5.17. The number of hydrogen-bond acceptors (Lipinski definition) is 0. The highest BCUT2D eigenvalue weighted by Crippen LogP contribution is 2.29. The lowest BCUT2D eigenvalue weighted by Crippen LogP contribution is -1.93. The fraction of sp³-hybridized carbons (Fsp3) is 0.667. The lowest BCUT2D eigenvalue weighted by molar-refractivity contribution is 0.723. The molecule has 0 radical (unpaired) electrons. The molecule has 68 valence electrons. The van der Waals surface area contributed by atoms with E-state index in [1.165, 1.54) is 25.7 Å². The van der Waals surface area contributed by atoms with E-state index in [-0.39, 0.29) is 0 Å². The number of unbranched alkanes of at least 4 members (excludes halogenated alkanes) is 1. The zero-order valence-corrected chi connectivity index (χ0v) is 8.56. The molecule has 1 rings (SSSR count). The Balaban J connectivity index is 2.53. The summed E-state index contributed by atoms with van der Waals surface area (Å²) in [5.41, 5.74) is 3.22. The second-order valence-corrected chi connectivity index (χ2v) is 3.69. The van der Waals surface area contributed by atoms with E-state index in [1.54, 1.807) is 11.1 Å². The molecule has 0 aromatic heterocycles. The van der Waals surface area contributed by atoms with Gasteiger partial charge in [0.1, 0.15) is 0 Å². The minimum Gasteiger partial charge on any atom is -0.0771 e. The van der Waals surface area contributed by atoms with Gasteiger partial charge in [0.05, 0.1) is 0 Å². The molecule has 0 N–H and O–H groups in total. The molecule has 0 aromatic rings. The van der Waals surface area contributed by atoms with Crippen molar-refractivity contribution in [3.8, 4) is 0 Å². The van der Waals surface area contributed by atoms with Gasteiger partial charge in [-0.3, -0.25) is 0 Å². The minimum absolute atomic E-state index is 0.747. The predicted octanol–water partition coefficient (Wildman–Crippen LogP) is 4.09. The average molecular weight is 164 g/mol. The van der Waals surface area contributed by atoms with Crippen molar-refractivity contribution in [3.63, 3.8) is 0 Å². The Labute approximate surface area is 76.4 Å². The van der Waals surface area contributed by atoms with Gasteiger partial charge in [-0.05, 0) is 37.7 Å². The summed E-state index contributed by atoms with van der Waals surface area (Å²) < 4.78 is 0. The molecule has 0 saturated carbocycles. The molecule has 1 aliphatic rings. The fourth-order valence-electron chi connectivity index (χ4n) is 1.84. The summed E-state index contributed by atoms with van der Waals surface area (Å²) in [6.07, 6.45) is 9.89. The molecule has 0 unspecified atom stereocenters. The molecule has 0 heterocycles. The average Bonchev–Trinajstić information content (AvgIpc) is 2.43. The van der Waals surface area contributed by atoms with E-state index in [2.05, 4.69) is 32.9 Å². The van der Waals surface area contributed by atoms with Crippen molar-refractivity contribution in [1.82, 2.24) is 0 Å². The maximum atomic E-state index is 2.36. The maximum Gasteiger partial charge on any atom is -0.00196 e. The normalized spacial score (nSPS) is 22.4. The molecule has 0 heteroatoms. The Morgan fingerprint density at radius 3 is 2.58 bits per heavy atom. The van der Waals surface area contributed by atoms with E-state index < -0.39 is 0 Å². The van der Waals surface area contributed by atoms with Crippen LogP contribution in [-0.4, -0.2) is 0 Å². The monoisotopic (exact) mass is 164 g/mol. The molecule has 0 aromatic carbocycles. The van der Waals surface area contributed by atoms with E-state index in [1.807, 2.05) is 0 Å². The number of allylic oxidation sites excluding steroid dienone is 4. The fourth-order valence-corrected chi connectivity index (χ4v) is 1.84. The van der Waals surface area contributed by atoms with Crippen LogP contribution in [-0.2, 0) is 0 Å². The van der Waals surface area contributed by atoms with E-state index in [4.69, 9.17) is 0 Å². The van der Waals surface area contributed by atoms with E-state index in [0.29, 0.717) is 0 Å². The standard InChI is InChI=1S/C12H20/c1-4-6-7-12-9-8-11(5-2)10(12)3/h8-9,11H,4-7H2,1-3H3/t11-/m1/s1. The van der Waals surface area contributed by atoms with Crippen molar-refractivity contribution >= 4 is 0 Å². The molecule has 0 saturated heterocycles.